The largest absolute Gasteiger partial charge is 0.497 e. The third-order valence-corrected chi connectivity index (χ3v) is 6.50. The normalized spacial score (nSPS) is 14.7. The van der Waals surface area contributed by atoms with Gasteiger partial charge in [0.25, 0.3) is 5.91 Å². The van der Waals surface area contributed by atoms with Crippen LogP contribution in [0.3, 0.4) is 0 Å². The molecule has 0 spiro atoms. The first-order chi connectivity index (χ1) is 17.0. The second kappa shape index (κ2) is 9.38. The molecule has 0 bridgehead atoms. The third-order valence-electron chi connectivity index (χ3n) is 5.97. The van der Waals surface area contributed by atoms with E-state index in [4.69, 9.17) is 9.47 Å². The van der Waals surface area contributed by atoms with Gasteiger partial charge in [-0.25, -0.2) is 4.79 Å². The van der Waals surface area contributed by atoms with Crippen molar-refractivity contribution in [3.8, 4) is 17.0 Å². The zero-order chi connectivity index (χ0) is 24.5. The third kappa shape index (κ3) is 4.10. The van der Waals surface area contributed by atoms with Gasteiger partial charge in [0.2, 0.25) is 0 Å². The summed E-state index contributed by atoms with van der Waals surface area (Å²) in [5.74, 6) is 0.154. The Bertz CT molecular complexity index is 1380. The number of halogens is 1. The van der Waals surface area contributed by atoms with Gasteiger partial charge in [0.1, 0.15) is 11.4 Å². The number of fused-ring (bicyclic) bond motifs is 1. The van der Waals surface area contributed by atoms with Gasteiger partial charge in [-0.2, -0.15) is 5.10 Å². The predicted octanol–water partition coefficient (Wildman–Crippen LogP) is 5.77. The SMILES string of the molecule is CCOC(=O)c1ccc(N2C(=O)c3[nH]nc(-c4ccc(OC)cc4)c3C2c2ccc(Br)cc2)cc1. The molecule has 8 heteroatoms. The summed E-state index contributed by atoms with van der Waals surface area (Å²) >= 11 is 3.49. The van der Waals surface area contributed by atoms with Crippen LogP contribution < -0.4 is 9.64 Å². The van der Waals surface area contributed by atoms with Gasteiger partial charge in [-0.1, -0.05) is 28.1 Å². The molecule has 1 aromatic heterocycles. The van der Waals surface area contributed by atoms with Gasteiger partial charge in [0.15, 0.2) is 0 Å². The minimum Gasteiger partial charge on any atom is -0.497 e. The van der Waals surface area contributed by atoms with Crippen molar-refractivity contribution in [3.05, 3.63) is 99.7 Å². The number of anilines is 1. The summed E-state index contributed by atoms with van der Waals surface area (Å²) in [6.45, 7) is 2.06. The fraction of sp³-hybridized carbons (Fsp3) is 0.148. The Morgan fingerprint density at radius 3 is 2.34 bits per heavy atom. The average molecular weight is 532 g/mol. The molecular weight excluding hydrogens is 510 g/mol. The van der Waals surface area contributed by atoms with Gasteiger partial charge in [-0.15, -0.1) is 0 Å². The molecule has 1 unspecified atom stereocenters. The van der Waals surface area contributed by atoms with Crippen LogP contribution in [0.2, 0.25) is 0 Å². The van der Waals surface area contributed by atoms with Gasteiger partial charge < -0.3 is 9.47 Å². The Morgan fingerprint density at radius 2 is 1.71 bits per heavy atom. The number of carbonyl (C=O) groups excluding carboxylic acids is 2. The van der Waals surface area contributed by atoms with Crippen LogP contribution in [0.4, 0.5) is 5.69 Å². The molecule has 35 heavy (non-hydrogen) atoms. The first-order valence-corrected chi connectivity index (χ1v) is 11.9. The quantitative estimate of drug-likeness (QED) is 0.319. The van der Waals surface area contributed by atoms with Crippen molar-refractivity contribution in [1.29, 1.82) is 0 Å². The minimum absolute atomic E-state index is 0.191. The smallest absolute Gasteiger partial charge is 0.338 e. The maximum absolute atomic E-state index is 13.6. The van der Waals surface area contributed by atoms with Crippen LogP contribution in [0, 0.1) is 0 Å². The second-order valence-corrected chi connectivity index (χ2v) is 8.90. The number of aromatic amines is 1. The molecule has 1 atom stereocenters. The van der Waals surface area contributed by atoms with Crippen molar-refractivity contribution in [1.82, 2.24) is 10.2 Å². The maximum atomic E-state index is 13.6. The van der Waals surface area contributed by atoms with Gasteiger partial charge in [0.05, 0.1) is 31.0 Å². The fourth-order valence-corrected chi connectivity index (χ4v) is 4.58. The molecule has 1 N–H and O–H groups in total. The highest BCUT2D eigenvalue weighted by atomic mass is 79.9. The van der Waals surface area contributed by atoms with Crippen molar-refractivity contribution >= 4 is 33.5 Å². The molecule has 0 radical (unpaired) electrons. The summed E-state index contributed by atoms with van der Waals surface area (Å²) in [5, 5.41) is 7.47. The number of aromatic nitrogens is 2. The fourth-order valence-electron chi connectivity index (χ4n) is 4.32. The number of hydrogen-bond donors (Lipinski definition) is 1. The van der Waals surface area contributed by atoms with Crippen LogP contribution in [-0.4, -0.2) is 35.8 Å². The Morgan fingerprint density at radius 1 is 1.03 bits per heavy atom. The summed E-state index contributed by atoms with van der Waals surface area (Å²) in [6.07, 6.45) is 0. The number of methoxy groups -OCH3 is 1. The van der Waals surface area contributed by atoms with Crippen molar-refractivity contribution in [3.63, 3.8) is 0 Å². The van der Waals surface area contributed by atoms with Crippen LogP contribution in [0.1, 0.15) is 44.9 Å². The number of amides is 1. The predicted molar refractivity (Wildman–Crippen MR) is 136 cm³/mol. The summed E-state index contributed by atoms with van der Waals surface area (Å²) in [5.41, 5.74) is 4.86. The highest BCUT2D eigenvalue weighted by molar-refractivity contribution is 9.10. The molecule has 1 amide bonds. The van der Waals surface area contributed by atoms with Gasteiger partial charge in [0, 0.05) is 21.3 Å². The number of hydrogen-bond acceptors (Lipinski definition) is 5. The molecule has 0 aliphatic carbocycles. The van der Waals surface area contributed by atoms with Crippen LogP contribution in [0.25, 0.3) is 11.3 Å². The molecule has 2 heterocycles. The Labute approximate surface area is 210 Å². The first-order valence-electron chi connectivity index (χ1n) is 11.1. The van der Waals surface area contributed by atoms with Crippen LogP contribution in [0.5, 0.6) is 5.75 Å². The Hall–Kier alpha value is -3.91. The van der Waals surface area contributed by atoms with E-state index in [2.05, 4.69) is 26.1 Å². The van der Waals surface area contributed by atoms with E-state index < -0.39 is 12.0 Å². The topological polar surface area (TPSA) is 84.5 Å². The molecule has 0 fully saturated rings. The number of carbonyl (C=O) groups is 2. The van der Waals surface area contributed by atoms with E-state index in [-0.39, 0.29) is 5.91 Å². The van der Waals surface area contributed by atoms with E-state index in [1.54, 1.807) is 43.2 Å². The van der Waals surface area contributed by atoms with Crippen molar-refractivity contribution in [2.75, 3.05) is 18.6 Å². The standard InChI is InChI=1S/C27H22BrN3O4/c1-3-35-27(33)18-6-12-20(13-7-18)31-25(17-4-10-19(28)11-5-17)22-23(29-30-24(22)26(31)32)16-8-14-21(34-2)15-9-16/h4-15,25H,3H2,1-2H3,(H,29,30). The molecule has 1 aliphatic heterocycles. The number of nitrogens with zero attached hydrogens (tertiary/aromatic N) is 2. The summed E-state index contributed by atoms with van der Waals surface area (Å²) in [4.78, 5) is 27.5. The molecule has 0 saturated heterocycles. The molecule has 1 aliphatic rings. The van der Waals surface area contributed by atoms with E-state index in [1.807, 2.05) is 48.5 Å². The number of ether oxygens (including phenoxy) is 2. The molecule has 0 saturated carbocycles. The molecule has 176 valence electrons. The Balaban J connectivity index is 1.62. The lowest BCUT2D eigenvalue weighted by Crippen LogP contribution is -2.29. The number of benzene rings is 3. The van der Waals surface area contributed by atoms with Gasteiger partial charge in [-0.05, 0) is 73.2 Å². The number of rotatable bonds is 6. The van der Waals surface area contributed by atoms with E-state index >= 15 is 0 Å². The summed E-state index contributed by atoms with van der Waals surface area (Å²) in [7, 11) is 1.62. The Kier molecular flexibility index (Phi) is 6.13. The van der Waals surface area contributed by atoms with E-state index in [0.717, 1.165) is 26.9 Å². The van der Waals surface area contributed by atoms with E-state index in [0.29, 0.717) is 29.2 Å². The van der Waals surface area contributed by atoms with Crippen LogP contribution in [0.15, 0.2) is 77.3 Å². The molecular formula is C27H22BrN3O4. The van der Waals surface area contributed by atoms with E-state index in [9.17, 15) is 9.59 Å². The van der Waals surface area contributed by atoms with E-state index in [1.165, 1.54) is 0 Å². The highest BCUT2D eigenvalue weighted by Crippen LogP contribution is 2.45. The number of nitrogens with one attached hydrogen (secondary N) is 1. The zero-order valence-corrected chi connectivity index (χ0v) is 20.7. The van der Waals surface area contributed by atoms with Crippen molar-refractivity contribution in [2.24, 2.45) is 0 Å². The van der Waals surface area contributed by atoms with Crippen LogP contribution in [-0.2, 0) is 4.74 Å². The number of esters is 1. The average Bonchev–Trinajstić information content (AvgIpc) is 3.44. The molecule has 4 aromatic rings. The molecule has 3 aromatic carbocycles. The minimum atomic E-state index is -0.408. The first kappa shape index (κ1) is 22.9. The van der Waals surface area contributed by atoms with Gasteiger partial charge >= 0.3 is 5.97 Å². The number of H-pyrrole nitrogens is 1. The van der Waals surface area contributed by atoms with Crippen molar-refractivity contribution < 1.29 is 19.1 Å². The summed E-state index contributed by atoms with van der Waals surface area (Å²) in [6, 6.07) is 21.9. The lowest BCUT2D eigenvalue weighted by atomic mass is 9.96. The highest BCUT2D eigenvalue weighted by Gasteiger charge is 2.43. The van der Waals surface area contributed by atoms with Crippen molar-refractivity contribution in [2.45, 2.75) is 13.0 Å². The molecule has 5 rings (SSSR count). The lowest BCUT2D eigenvalue weighted by Gasteiger charge is -2.26. The van der Waals surface area contributed by atoms with Gasteiger partial charge in [-0.3, -0.25) is 14.8 Å². The van der Waals surface area contributed by atoms with Crippen LogP contribution >= 0.6 is 15.9 Å². The maximum Gasteiger partial charge on any atom is 0.338 e. The zero-order valence-electron chi connectivity index (χ0n) is 19.1. The molecule has 7 nitrogen and oxygen atoms in total. The monoisotopic (exact) mass is 531 g/mol. The lowest BCUT2D eigenvalue weighted by molar-refractivity contribution is 0.0526. The second-order valence-electron chi connectivity index (χ2n) is 7.99. The summed E-state index contributed by atoms with van der Waals surface area (Å²) < 4.78 is 11.3.